The third-order valence-electron chi connectivity index (χ3n) is 5.96. The molecule has 1 atom stereocenters. The lowest BCUT2D eigenvalue weighted by molar-refractivity contribution is -0.145. The Morgan fingerprint density at radius 2 is 1.71 bits per heavy atom. The smallest absolute Gasteiger partial charge is 0.325 e. The van der Waals surface area contributed by atoms with Gasteiger partial charge in [-0.1, -0.05) is 47.2 Å². The Balaban J connectivity index is 1.53. The van der Waals surface area contributed by atoms with Crippen LogP contribution in [0.1, 0.15) is 22.4 Å². The van der Waals surface area contributed by atoms with Crippen molar-refractivity contribution in [3.05, 3.63) is 82.9 Å². The van der Waals surface area contributed by atoms with Crippen molar-refractivity contribution < 1.29 is 22.3 Å². The normalized spacial score (nSPS) is 18.8. The highest BCUT2D eigenvalue weighted by molar-refractivity contribution is 7.89. The fourth-order valence-corrected chi connectivity index (χ4v) is 5.63. The Hall–Kier alpha value is -3.15. The van der Waals surface area contributed by atoms with Crippen molar-refractivity contribution in [3.8, 4) is 0 Å². The molecule has 2 aromatic carbocycles. The van der Waals surface area contributed by atoms with E-state index >= 15 is 0 Å². The van der Waals surface area contributed by atoms with E-state index in [0.717, 1.165) is 16.7 Å². The number of aromatic nitrogens is 3. The largest absolute Gasteiger partial charge is 0.468 e. The number of hydrogen-bond acceptors (Lipinski definition) is 7. The molecule has 1 aliphatic rings. The van der Waals surface area contributed by atoms with E-state index in [4.69, 9.17) is 4.74 Å². The van der Waals surface area contributed by atoms with Crippen molar-refractivity contribution >= 4 is 16.0 Å². The van der Waals surface area contributed by atoms with Crippen molar-refractivity contribution in [1.82, 2.24) is 24.2 Å². The second-order valence-corrected chi connectivity index (χ2v) is 10.7. The van der Waals surface area contributed by atoms with Gasteiger partial charge in [-0.3, -0.25) is 9.69 Å². The molecule has 3 aromatic rings. The molecule has 0 radical (unpaired) electrons. The molecule has 0 saturated carbocycles. The Kier molecular flexibility index (Phi) is 7.58. The van der Waals surface area contributed by atoms with Gasteiger partial charge in [-0.25, -0.2) is 17.5 Å². The van der Waals surface area contributed by atoms with E-state index in [1.54, 1.807) is 23.0 Å². The van der Waals surface area contributed by atoms with Crippen LogP contribution in [-0.4, -0.2) is 70.6 Å². The predicted molar refractivity (Wildman–Crippen MR) is 127 cm³/mol. The molecule has 0 amide bonds. The summed E-state index contributed by atoms with van der Waals surface area (Å²) in [5, 5.41) is 8.17. The Bertz CT molecular complexity index is 1260. The zero-order valence-corrected chi connectivity index (χ0v) is 20.5. The van der Waals surface area contributed by atoms with E-state index in [2.05, 4.69) is 10.3 Å². The van der Waals surface area contributed by atoms with Gasteiger partial charge in [-0.15, -0.1) is 5.10 Å². The first kappa shape index (κ1) is 25.0. The summed E-state index contributed by atoms with van der Waals surface area (Å²) < 4.78 is 47.3. The molecule has 11 heteroatoms. The van der Waals surface area contributed by atoms with E-state index in [-0.39, 0.29) is 31.2 Å². The van der Waals surface area contributed by atoms with E-state index in [9.17, 15) is 17.6 Å². The lowest BCUT2D eigenvalue weighted by Crippen LogP contribution is -2.48. The topological polar surface area (TPSA) is 97.6 Å². The molecule has 0 spiro atoms. The number of esters is 1. The molecule has 2 heterocycles. The quantitative estimate of drug-likeness (QED) is 0.457. The number of nitrogens with zero attached hydrogens (tertiary/aromatic N) is 5. The number of carbonyl (C=O) groups is 1. The number of carbonyl (C=O) groups excluding carboxylic acids is 1. The molecule has 0 bridgehead atoms. The summed E-state index contributed by atoms with van der Waals surface area (Å²) in [5.41, 5.74) is 3.40. The second-order valence-electron chi connectivity index (χ2n) is 8.65. The Morgan fingerprint density at radius 1 is 1.06 bits per heavy atom. The molecule has 0 N–H and O–H groups in total. The number of aryl methyl sites for hydroxylation is 1. The molecule has 9 nitrogen and oxygen atoms in total. The number of benzene rings is 2. The van der Waals surface area contributed by atoms with Crippen LogP contribution in [0, 0.1) is 12.7 Å². The molecule has 1 saturated heterocycles. The van der Waals surface area contributed by atoms with Gasteiger partial charge in [0.2, 0.25) is 10.0 Å². The SMILES string of the molecule is COC(=O)C1CN(Cc2ccc(C)cc2)CCS(=O)(=O)N1Cc1cn(Cc2ccc(F)cc2)nn1. The zero-order chi connectivity index (χ0) is 25.0. The van der Waals surface area contributed by atoms with Crippen molar-refractivity contribution in [3.63, 3.8) is 0 Å². The van der Waals surface area contributed by atoms with Crippen LogP contribution in [-0.2, 0) is 39.2 Å². The lowest BCUT2D eigenvalue weighted by atomic mass is 10.1. The summed E-state index contributed by atoms with van der Waals surface area (Å²) in [5.74, 6) is -1.08. The first-order valence-corrected chi connectivity index (χ1v) is 12.8. The number of ether oxygens (including phenoxy) is 1. The zero-order valence-electron chi connectivity index (χ0n) is 19.7. The van der Waals surface area contributed by atoms with E-state index in [0.29, 0.717) is 18.8 Å². The number of halogens is 1. The monoisotopic (exact) mass is 501 g/mol. The summed E-state index contributed by atoms with van der Waals surface area (Å²) in [6.07, 6.45) is 1.63. The van der Waals surface area contributed by atoms with Crippen LogP contribution in [0.5, 0.6) is 0 Å². The van der Waals surface area contributed by atoms with Gasteiger partial charge < -0.3 is 4.74 Å². The fourth-order valence-electron chi connectivity index (χ4n) is 4.04. The number of hydrogen-bond donors (Lipinski definition) is 0. The lowest BCUT2D eigenvalue weighted by Gasteiger charge is -2.28. The highest BCUT2D eigenvalue weighted by Crippen LogP contribution is 2.21. The highest BCUT2D eigenvalue weighted by atomic mass is 32.2. The van der Waals surface area contributed by atoms with Crippen LogP contribution in [0.3, 0.4) is 0 Å². The van der Waals surface area contributed by atoms with Gasteiger partial charge in [0.05, 0.1) is 37.8 Å². The summed E-state index contributed by atoms with van der Waals surface area (Å²) in [7, 11) is -2.53. The average Bonchev–Trinajstić information content (AvgIpc) is 3.24. The van der Waals surface area contributed by atoms with Crippen LogP contribution in [0.25, 0.3) is 0 Å². The van der Waals surface area contributed by atoms with Crippen LogP contribution in [0.4, 0.5) is 4.39 Å². The minimum Gasteiger partial charge on any atom is -0.468 e. The molecule has 186 valence electrons. The van der Waals surface area contributed by atoms with Crippen LogP contribution >= 0.6 is 0 Å². The fraction of sp³-hybridized carbons (Fsp3) is 0.375. The minimum atomic E-state index is -3.78. The van der Waals surface area contributed by atoms with Crippen LogP contribution < -0.4 is 0 Å². The molecule has 1 aliphatic heterocycles. The summed E-state index contributed by atoms with van der Waals surface area (Å²) in [6.45, 7) is 3.25. The standard InChI is InChI=1S/C24H28FN5O4S/c1-18-3-5-19(6-4-18)13-28-11-12-35(32,33)30(23(17-28)24(31)34-2)16-22-15-29(27-26-22)14-20-7-9-21(25)10-8-20/h3-10,15,23H,11-14,16-17H2,1-2H3. The molecule has 1 aromatic heterocycles. The van der Waals surface area contributed by atoms with Gasteiger partial charge in [0.1, 0.15) is 11.9 Å². The molecular formula is C24H28FN5O4S. The molecule has 0 aliphatic carbocycles. The minimum absolute atomic E-state index is 0.107. The first-order valence-electron chi connectivity index (χ1n) is 11.2. The van der Waals surface area contributed by atoms with Crippen molar-refractivity contribution in [2.75, 3.05) is 26.0 Å². The molecule has 4 rings (SSSR count). The van der Waals surface area contributed by atoms with Gasteiger partial charge in [0.25, 0.3) is 0 Å². The number of sulfonamides is 1. The number of methoxy groups -OCH3 is 1. The maximum absolute atomic E-state index is 13.2. The van der Waals surface area contributed by atoms with Crippen molar-refractivity contribution in [1.29, 1.82) is 0 Å². The van der Waals surface area contributed by atoms with Crippen LogP contribution in [0.2, 0.25) is 0 Å². The summed E-state index contributed by atoms with van der Waals surface area (Å²) >= 11 is 0. The summed E-state index contributed by atoms with van der Waals surface area (Å²) in [4.78, 5) is 14.7. The predicted octanol–water partition coefficient (Wildman–Crippen LogP) is 1.96. The summed E-state index contributed by atoms with van der Waals surface area (Å²) in [6, 6.07) is 13.0. The Labute approximate surface area is 204 Å². The Morgan fingerprint density at radius 3 is 2.40 bits per heavy atom. The van der Waals surface area contributed by atoms with Gasteiger partial charge in [-0.05, 0) is 30.2 Å². The van der Waals surface area contributed by atoms with Crippen LogP contribution in [0.15, 0.2) is 54.7 Å². The maximum atomic E-state index is 13.2. The third kappa shape index (κ3) is 6.30. The van der Waals surface area contributed by atoms with Gasteiger partial charge in [0.15, 0.2) is 0 Å². The van der Waals surface area contributed by atoms with Gasteiger partial charge in [-0.2, -0.15) is 4.31 Å². The molecule has 1 fully saturated rings. The average molecular weight is 502 g/mol. The third-order valence-corrected chi connectivity index (χ3v) is 7.76. The van der Waals surface area contributed by atoms with Crippen molar-refractivity contribution in [2.24, 2.45) is 0 Å². The number of rotatable bonds is 7. The first-order chi connectivity index (χ1) is 16.7. The van der Waals surface area contributed by atoms with E-state index < -0.39 is 22.0 Å². The molecule has 1 unspecified atom stereocenters. The highest BCUT2D eigenvalue weighted by Gasteiger charge is 2.40. The molecular weight excluding hydrogens is 473 g/mol. The van der Waals surface area contributed by atoms with Crippen molar-refractivity contribution in [2.45, 2.75) is 32.6 Å². The van der Waals surface area contributed by atoms with Gasteiger partial charge >= 0.3 is 5.97 Å². The maximum Gasteiger partial charge on any atom is 0.325 e. The van der Waals surface area contributed by atoms with Gasteiger partial charge in [0, 0.05) is 19.6 Å². The second kappa shape index (κ2) is 10.6. The van der Waals surface area contributed by atoms with E-state index in [1.807, 2.05) is 36.1 Å². The molecule has 35 heavy (non-hydrogen) atoms. The van der Waals surface area contributed by atoms with E-state index in [1.165, 1.54) is 23.5 Å².